The molecule has 1 aliphatic rings. The highest BCUT2D eigenvalue weighted by atomic mass is 16.2. The first kappa shape index (κ1) is 17.2. The Labute approximate surface area is 157 Å². The molecule has 1 aliphatic heterocycles. The van der Waals surface area contributed by atoms with Crippen LogP contribution in [0.5, 0.6) is 0 Å². The Hall–Kier alpha value is -3.23. The molecule has 27 heavy (non-hydrogen) atoms. The van der Waals surface area contributed by atoms with Gasteiger partial charge in [-0.3, -0.25) is 0 Å². The number of amides is 2. The van der Waals surface area contributed by atoms with Crippen molar-refractivity contribution < 1.29 is 4.79 Å². The van der Waals surface area contributed by atoms with Crippen LogP contribution in [0.3, 0.4) is 0 Å². The Bertz CT molecular complexity index is 855. The van der Waals surface area contributed by atoms with Gasteiger partial charge in [0.2, 0.25) is 0 Å². The van der Waals surface area contributed by atoms with Crippen molar-refractivity contribution in [3.05, 3.63) is 60.2 Å². The Morgan fingerprint density at radius 2 is 1.93 bits per heavy atom. The molecule has 9 heteroatoms. The van der Waals surface area contributed by atoms with Crippen molar-refractivity contribution in [2.24, 2.45) is 0 Å². The molecule has 3 aromatic rings. The molecule has 1 N–H and O–H groups in total. The van der Waals surface area contributed by atoms with Crippen molar-refractivity contribution in [3.8, 4) is 0 Å². The molecule has 0 spiro atoms. The Morgan fingerprint density at radius 1 is 1.15 bits per heavy atom. The van der Waals surface area contributed by atoms with Gasteiger partial charge in [0.25, 0.3) is 0 Å². The maximum absolute atomic E-state index is 12.2. The van der Waals surface area contributed by atoms with Crippen LogP contribution < -0.4 is 5.32 Å². The van der Waals surface area contributed by atoms with Crippen LogP contribution in [0.15, 0.2) is 48.9 Å². The number of nitrogens with one attached hydrogen (secondary N) is 1. The molecule has 0 aliphatic carbocycles. The number of rotatable bonds is 7. The average Bonchev–Trinajstić information content (AvgIpc) is 3.31. The van der Waals surface area contributed by atoms with Crippen LogP contribution in [-0.2, 0) is 13.0 Å². The summed E-state index contributed by atoms with van der Waals surface area (Å²) in [5.74, 6) is 0. The van der Waals surface area contributed by atoms with Gasteiger partial charge in [0.15, 0.2) is 0 Å². The summed E-state index contributed by atoms with van der Waals surface area (Å²) in [5.41, 5.74) is 2.10. The van der Waals surface area contributed by atoms with Crippen molar-refractivity contribution in [1.82, 2.24) is 40.2 Å². The fourth-order valence-corrected chi connectivity index (χ4v) is 3.07. The van der Waals surface area contributed by atoms with E-state index in [1.165, 1.54) is 5.56 Å². The third kappa shape index (κ3) is 4.30. The van der Waals surface area contributed by atoms with Gasteiger partial charge in [0, 0.05) is 19.6 Å². The molecular formula is C18H22N8O. The number of benzene rings is 1. The van der Waals surface area contributed by atoms with Gasteiger partial charge in [-0.05, 0) is 18.4 Å². The molecule has 2 amide bonds. The minimum Gasteiger partial charge on any atom is -0.338 e. The number of hydrogen-bond donors (Lipinski definition) is 1. The summed E-state index contributed by atoms with van der Waals surface area (Å²) in [6.45, 7) is 2.46. The normalized spacial score (nSPS) is 14.1. The quantitative estimate of drug-likeness (QED) is 0.633. The van der Waals surface area contributed by atoms with Crippen LogP contribution in [0.2, 0.25) is 0 Å². The number of aryl methyl sites for hydroxylation is 1. The van der Waals surface area contributed by atoms with E-state index in [2.05, 4.69) is 38.0 Å². The minimum atomic E-state index is -0.0135. The van der Waals surface area contributed by atoms with Crippen LogP contribution in [0, 0.1) is 0 Å². The predicted octanol–water partition coefficient (Wildman–Crippen LogP) is 1.12. The Morgan fingerprint density at radius 3 is 2.70 bits per heavy atom. The van der Waals surface area contributed by atoms with E-state index < -0.39 is 0 Å². The largest absolute Gasteiger partial charge is 0.338 e. The number of nitrogens with zero attached hydrogens (tertiary/aromatic N) is 7. The second kappa shape index (κ2) is 7.98. The standard InChI is InChI=1S/C18H22N8O/c27-18(19-8-4-7-15-5-2-1-3-6-15)24-13-17(14-24)25-11-16(22-23-25)12-26-20-9-10-21-26/h1-3,5-6,9-11,17H,4,7-8,12-14H2,(H,19,27). The highest BCUT2D eigenvalue weighted by molar-refractivity contribution is 5.75. The van der Waals surface area contributed by atoms with Crippen LogP contribution in [0.4, 0.5) is 4.79 Å². The molecule has 140 valence electrons. The van der Waals surface area contributed by atoms with E-state index in [1.807, 2.05) is 29.1 Å². The Kier molecular flexibility index (Phi) is 5.08. The number of carbonyl (C=O) groups is 1. The first-order valence-electron chi connectivity index (χ1n) is 9.09. The monoisotopic (exact) mass is 366 g/mol. The minimum absolute atomic E-state index is 0.0135. The molecule has 0 unspecified atom stereocenters. The van der Waals surface area contributed by atoms with Crippen molar-refractivity contribution >= 4 is 6.03 Å². The third-order valence-corrected chi connectivity index (χ3v) is 4.61. The van der Waals surface area contributed by atoms with Crippen molar-refractivity contribution in [2.75, 3.05) is 19.6 Å². The third-order valence-electron chi connectivity index (χ3n) is 4.61. The number of carbonyl (C=O) groups excluding carboxylic acids is 1. The molecule has 1 saturated heterocycles. The molecule has 0 radical (unpaired) electrons. The maximum atomic E-state index is 12.2. The average molecular weight is 366 g/mol. The zero-order chi connectivity index (χ0) is 18.5. The van der Waals surface area contributed by atoms with Gasteiger partial charge in [-0.2, -0.15) is 15.0 Å². The van der Waals surface area contributed by atoms with Crippen LogP contribution in [0.1, 0.15) is 23.7 Å². The predicted molar refractivity (Wildman–Crippen MR) is 97.9 cm³/mol. The van der Waals surface area contributed by atoms with Gasteiger partial charge in [-0.1, -0.05) is 35.5 Å². The number of urea groups is 1. The summed E-state index contributed by atoms with van der Waals surface area (Å²) in [4.78, 5) is 15.5. The van der Waals surface area contributed by atoms with E-state index in [-0.39, 0.29) is 12.1 Å². The van der Waals surface area contributed by atoms with Crippen LogP contribution in [0.25, 0.3) is 0 Å². The summed E-state index contributed by atoms with van der Waals surface area (Å²) in [7, 11) is 0. The molecule has 0 atom stereocenters. The van der Waals surface area contributed by atoms with Gasteiger partial charge in [-0.15, -0.1) is 5.10 Å². The molecule has 0 bridgehead atoms. The summed E-state index contributed by atoms with van der Waals surface area (Å²) >= 11 is 0. The van der Waals surface area contributed by atoms with Crippen molar-refractivity contribution in [2.45, 2.75) is 25.4 Å². The zero-order valence-electron chi connectivity index (χ0n) is 15.0. The number of hydrogen-bond acceptors (Lipinski definition) is 5. The second-order valence-electron chi connectivity index (χ2n) is 6.63. The highest BCUT2D eigenvalue weighted by Gasteiger charge is 2.32. The first-order valence-corrected chi connectivity index (χ1v) is 9.09. The summed E-state index contributed by atoms with van der Waals surface area (Å²) in [6.07, 6.45) is 7.06. The SMILES string of the molecule is O=C(NCCCc1ccccc1)N1CC(n2cc(Cn3nccn3)nn2)C1. The molecule has 0 saturated carbocycles. The van der Waals surface area contributed by atoms with Crippen molar-refractivity contribution in [1.29, 1.82) is 0 Å². The lowest BCUT2D eigenvalue weighted by molar-refractivity contribution is 0.117. The maximum Gasteiger partial charge on any atom is 0.317 e. The lowest BCUT2D eigenvalue weighted by atomic mass is 10.1. The van der Waals surface area contributed by atoms with E-state index in [1.54, 1.807) is 22.1 Å². The van der Waals surface area contributed by atoms with Gasteiger partial charge in [0.1, 0.15) is 12.2 Å². The number of likely N-dealkylation sites (tertiary alicyclic amines) is 1. The topological polar surface area (TPSA) is 93.8 Å². The molecule has 1 aromatic carbocycles. The number of aromatic nitrogens is 6. The van der Waals surface area contributed by atoms with Crippen LogP contribution >= 0.6 is 0 Å². The van der Waals surface area contributed by atoms with Gasteiger partial charge >= 0.3 is 6.03 Å². The molecular weight excluding hydrogens is 344 g/mol. The Balaban J connectivity index is 1.17. The fourth-order valence-electron chi connectivity index (χ4n) is 3.07. The molecule has 4 rings (SSSR count). The molecule has 9 nitrogen and oxygen atoms in total. The first-order chi connectivity index (χ1) is 13.3. The van der Waals surface area contributed by atoms with Crippen LogP contribution in [-0.4, -0.2) is 60.6 Å². The summed E-state index contributed by atoms with van der Waals surface area (Å²) in [6, 6.07) is 10.5. The zero-order valence-corrected chi connectivity index (χ0v) is 15.0. The van der Waals surface area contributed by atoms with E-state index in [9.17, 15) is 4.79 Å². The summed E-state index contributed by atoms with van der Waals surface area (Å²) < 4.78 is 1.82. The molecule has 2 aromatic heterocycles. The van der Waals surface area contributed by atoms with Gasteiger partial charge in [-0.25, -0.2) is 9.48 Å². The second-order valence-corrected chi connectivity index (χ2v) is 6.63. The lowest BCUT2D eigenvalue weighted by Crippen LogP contribution is -2.54. The van der Waals surface area contributed by atoms with Gasteiger partial charge in [0.05, 0.1) is 24.6 Å². The van der Waals surface area contributed by atoms with E-state index in [4.69, 9.17) is 0 Å². The van der Waals surface area contributed by atoms with E-state index in [0.29, 0.717) is 26.2 Å². The fraction of sp³-hybridized carbons (Fsp3) is 0.389. The molecule has 1 fully saturated rings. The smallest absolute Gasteiger partial charge is 0.317 e. The summed E-state index contributed by atoms with van der Waals surface area (Å²) in [5, 5.41) is 19.4. The van der Waals surface area contributed by atoms with Gasteiger partial charge < -0.3 is 10.2 Å². The molecule has 3 heterocycles. The van der Waals surface area contributed by atoms with Crippen molar-refractivity contribution in [3.63, 3.8) is 0 Å². The van der Waals surface area contributed by atoms with E-state index >= 15 is 0 Å². The van der Waals surface area contributed by atoms with E-state index in [0.717, 1.165) is 18.5 Å². The lowest BCUT2D eigenvalue weighted by Gasteiger charge is -2.38. The highest BCUT2D eigenvalue weighted by Crippen LogP contribution is 2.20.